The highest BCUT2D eigenvalue weighted by Crippen LogP contribution is 2.21. The lowest BCUT2D eigenvalue weighted by Gasteiger charge is -1.98. The Bertz CT molecular complexity index is 303. The number of nitriles is 1. The molecule has 0 saturated heterocycles. The monoisotopic (exact) mass is 211 g/mol. The van der Waals surface area contributed by atoms with Crippen LogP contribution in [0.25, 0.3) is 0 Å². The average Bonchev–Trinajstić information content (AvgIpc) is 1.98. The molecule has 11 heavy (non-hydrogen) atoms. The minimum atomic E-state index is 0.560. The normalized spacial score (nSPS) is 8.82. The van der Waals surface area contributed by atoms with Crippen LogP contribution in [0.15, 0.2) is 22.7 Å². The highest BCUT2D eigenvalue weighted by Gasteiger charge is 1.96. The van der Waals surface area contributed by atoms with Crippen molar-refractivity contribution in [2.45, 2.75) is 6.92 Å². The molecule has 0 bridgehead atoms. The van der Waals surface area contributed by atoms with Crippen LogP contribution in [0.4, 0.5) is 0 Å². The fourth-order valence-corrected chi connectivity index (χ4v) is 1.05. The zero-order valence-corrected chi connectivity index (χ0v) is 7.55. The second kappa shape index (κ2) is 3.40. The summed E-state index contributed by atoms with van der Waals surface area (Å²) in [4.78, 5) is 0. The molecule has 0 saturated carbocycles. The SMILES string of the molecule is Cc1ccc(OC#N)cc1Br. The molecule has 1 aromatic carbocycles. The van der Waals surface area contributed by atoms with Gasteiger partial charge in [0.2, 0.25) is 0 Å². The van der Waals surface area contributed by atoms with E-state index in [2.05, 4.69) is 20.7 Å². The van der Waals surface area contributed by atoms with Crippen molar-refractivity contribution in [3.05, 3.63) is 28.2 Å². The van der Waals surface area contributed by atoms with Gasteiger partial charge >= 0.3 is 0 Å². The number of hydrogen-bond donors (Lipinski definition) is 0. The van der Waals surface area contributed by atoms with Crippen molar-refractivity contribution in [1.82, 2.24) is 0 Å². The van der Waals surface area contributed by atoms with Crippen molar-refractivity contribution in [2.24, 2.45) is 0 Å². The van der Waals surface area contributed by atoms with Crippen molar-refractivity contribution >= 4 is 15.9 Å². The van der Waals surface area contributed by atoms with Crippen molar-refractivity contribution in [3.8, 4) is 12.0 Å². The Labute approximate surface area is 73.5 Å². The summed E-state index contributed by atoms with van der Waals surface area (Å²) in [5.74, 6) is 0.560. The van der Waals surface area contributed by atoms with E-state index in [0.29, 0.717) is 5.75 Å². The molecule has 56 valence electrons. The molecule has 2 nitrogen and oxygen atoms in total. The fraction of sp³-hybridized carbons (Fsp3) is 0.125. The Kier molecular flexibility index (Phi) is 2.50. The third-order valence-corrected chi connectivity index (χ3v) is 2.16. The molecule has 0 heterocycles. The minimum Gasteiger partial charge on any atom is -0.388 e. The van der Waals surface area contributed by atoms with E-state index in [1.807, 2.05) is 13.0 Å². The number of hydrogen-bond acceptors (Lipinski definition) is 2. The predicted molar refractivity (Wildman–Crippen MR) is 45.1 cm³/mol. The van der Waals surface area contributed by atoms with Crippen LogP contribution in [0.1, 0.15) is 5.56 Å². The molecular weight excluding hydrogens is 206 g/mol. The molecule has 0 aliphatic carbocycles. The van der Waals surface area contributed by atoms with Crippen molar-refractivity contribution in [3.63, 3.8) is 0 Å². The molecule has 0 spiro atoms. The Morgan fingerprint density at radius 1 is 1.55 bits per heavy atom. The van der Waals surface area contributed by atoms with E-state index < -0.39 is 0 Å². The van der Waals surface area contributed by atoms with Gasteiger partial charge in [0.05, 0.1) is 0 Å². The van der Waals surface area contributed by atoms with Gasteiger partial charge in [0, 0.05) is 4.47 Å². The first kappa shape index (κ1) is 8.09. The van der Waals surface area contributed by atoms with Gasteiger partial charge in [-0.25, -0.2) is 0 Å². The van der Waals surface area contributed by atoms with Crippen LogP contribution in [0.3, 0.4) is 0 Å². The molecule has 0 aromatic heterocycles. The largest absolute Gasteiger partial charge is 0.388 e. The van der Waals surface area contributed by atoms with Crippen molar-refractivity contribution in [1.29, 1.82) is 5.26 Å². The molecule has 0 amide bonds. The topological polar surface area (TPSA) is 33.0 Å². The smallest absolute Gasteiger partial charge is 0.292 e. The first-order valence-electron chi connectivity index (χ1n) is 3.06. The Hall–Kier alpha value is -1.01. The third-order valence-electron chi connectivity index (χ3n) is 1.31. The van der Waals surface area contributed by atoms with Crippen LogP contribution in [0.5, 0.6) is 5.75 Å². The summed E-state index contributed by atoms with van der Waals surface area (Å²) in [5.41, 5.74) is 1.12. The maximum atomic E-state index is 8.19. The third kappa shape index (κ3) is 1.95. The summed E-state index contributed by atoms with van der Waals surface area (Å²) in [6, 6.07) is 5.40. The lowest BCUT2D eigenvalue weighted by molar-refractivity contribution is 0.506. The van der Waals surface area contributed by atoms with Gasteiger partial charge in [0.15, 0.2) is 0 Å². The lowest BCUT2D eigenvalue weighted by atomic mass is 10.2. The summed E-state index contributed by atoms with van der Waals surface area (Å²) >= 11 is 3.33. The highest BCUT2D eigenvalue weighted by molar-refractivity contribution is 9.10. The van der Waals surface area contributed by atoms with E-state index in [1.54, 1.807) is 18.4 Å². The zero-order chi connectivity index (χ0) is 8.27. The zero-order valence-electron chi connectivity index (χ0n) is 5.97. The molecule has 1 aromatic rings. The molecule has 0 atom stereocenters. The van der Waals surface area contributed by atoms with Crippen LogP contribution in [-0.2, 0) is 0 Å². The molecule has 0 aliphatic heterocycles. The van der Waals surface area contributed by atoms with E-state index in [0.717, 1.165) is 10.0 Å². The van der Waals surface area contributed by atoms with Gasteiger partial charge in [-0.1, -0.05) is 22.0 Å². The summed E-state index contributed by atoms with van der Waals surface area (Å²) in [5, 5.41) is 8.19. The number of ether oxygens (including phenoxy) is 1. The number of rotatable bonds is 1. The molecule has 1 rings (SSSR count). The summed E-state index contributed by atoms with van der Waals surface area (Å²) in [6.45, 7) is 1.97. The Balaban J connectivity index is 2.98. The van der Waals surface area contributed by atoms with Crippen LogP contribution in [0.2, 0.25) is 0 Å². The van der Waals surface area contributed by atoms with Gasteiger partial charge in [-0.05, 0) is 24.6 Å². The maximum absolute atomic E-state index is 8.19. The predicted octanol–water partition coefficient (Wildman–Crippen LogP) is 2.62. The Morgan fingerprint density at radius 3 is 2.82 bits per heavy atom. The second-order valence-corrected chi connectivity index (χ2v) is 2.96. The fourth-order valence-electron chi connectivity index (χ4n) is 0.690. The molecule has 0 N–H and O–H groups in total. The molecule has 0 radical (unpaired) electrons. The lowest BCUT2D eigenvalue weighted by Crippen LogP contribution is -1.82. The van der Waals surface area contributed by atoms with E-state index in [4.69, 9.17) is 5.26 Å². The quantitative estimate of drug-likeness (QED) is 0.670. The van der Waals surface area contributed by atoms with Gasteiger partial charge in [-0.3, -0.25) is 0 Å². The van der Waals surface area contributed by atoms with Gasteiger partial charge < -0.3 is 4.74 Å². The maximum Gasteiger partial charge on any atom is 0.292 e. The molecule has 3 heteroatoms. The van der Waals surface area contributed by atoms with Gasteiger partial charge in [0.1, 0.15) is 5.75 Å². The van der Waals surface area contributed by atoms with Crippen LogP contribution in [-0.4, -0.2) is 0 Å². The van der Waals surface area contributed by atoms with E-state index >= 15 is 0 Å². The number of aryl methyl sites for hydroxylation is 1. The average molecular weight is 212 g/mol. The standard InChI is InChI=1S/C8H6BrNO/c1-6-2-3-7(11-5-10)4-8(6)9/h2-4H,1H3. The van der Waals surface area contributed by atoms with E-state index in [1.165, 1.54) is 0 Å². The van der Waals surface area contributed by atoms with E-state index in [9.17, 15) is 0 Å². The second-order valence-electron chi connectivity index (χ2n) is 2.10. The van der Waals surface area contributed by atoms with Gasteiger partial charge in [0.25, 0.3) is 6.26 Å². The minimum absolute atomic E-state index is 0.560. The van der Waals surface area contributed by atoms with E-state index in [-0.39, 0.29) is 0 Å². The number of nitrogens with zero attached hydrogens (tertiary/aromatic N) is 1. The van der Waals surface area contributed by atoms with Crippen LogP contribution < -0.4 is 4.74 Å². The number of halogens is 1. The number of benzene rings is 1. The van der Waals surface area contributed by atoms with Gasteiger partial charge in [-0.2, -0.15) is 0 Å². The van der Waals surface area contributed by atoms with Crippen LogP contribution >= 0.6 is 15.9 Å². The van der Waals surface area contributed by atoms with Crippen LogP contribution in [0, 0.1) is 18.4 Å². The summed E-state index contributed by atoms with van der Waals surface area (Å²) < 4.78 is 5.57. The summed E-state index contributed by atoms with van der Waals surface area (Å²) in [6.07, 6.45) is 1.61. The van der Waals surface area contributed by atoms with Crippen molar-refractivity contribution in [2.75, 3.05) is 0 Å². The molecular formula is C8H6BrNO. The molecule has 0 aliphatic rings. The van der Waals surface area contributed by atoms with Gasteiger partial charge in [-0.15, -0.1) is 5.26 Å². The van der Waals surface area contributed by atoms with Crippen molar-refractivity contribution < 1.29 is 4.74 Å². The first-order chi connectivity index (χ1) is 5.24. The Morgan fingerprint density at radius 2 is 2.27 bits per heavy atom. The molecule has 0 fully saturated rings. The first-order valence-corrected chi connectivity index (χ1v) is 3.85. The molecule has 0 unspecified atom stereocenters. The summed E-state index contributed by atoms with van der Waals surface area (Å²) in [7, 11) is 0. The highest BCUT2D eigenvalue weighted by atomic mass is 79.9.